The monoisotopic (exact) mass is 448 g/mol. The largest absolute Gasteiger partial charge is 0.493 e. The van der Waals surface area contributed by atoms with Gasteiger partial charge in [-0.2, -0.15) is 0 Å². The number of nitrogens with zero attached hydrogens (tertiary/aromatic N) is 2. The molecule has 0 fully saturated rings. The molecular weight excluding hydrogens is 428 g/mol. The van der Waals surface area contributed by atoms with Crippen LogP contribution in [0.1, 0.15) is 11.1 Å². The average Bonchev–Trinajstić information content (AvgIpc) is 3.15. The van der Waals surface area contributed by atoms with Gasteiger partial charge in [0.15, 0.2) is 11.5 Å². The van der Waals surface area contributed by atoms with Crippen molar-refractivity contribution in [2.45, 2.75) is 0 Å². The molecule has 1 amide bonds. The number of amides is 1. The summed E-state index contributed by atoms with van der Waals surface area (Å²) in [7, 11) is 4.63. The van der Waals surface area contributed by atoms with Gasteiger partial charge in [0.2, 0.25) is 5.75 Å². The van der Waals surface area contributed by atoms with Crippen LogP contribution in [0.5, 0.6) is 17.2 Å². The Labute approximate surface area is 191 Å². The van der Waals surface area contributed by atoms with E-state index in [2.05, 4.69) is 4.99 Å². The third kappa shape index (κ3) is 4.05. The van der Waals surface area contributed by atoms with Crippen molar-refractivity contribution < 1.29 is 19.0 Å². The number of ether oxygens (including phenoxy) is 3. The van der Waals surface area contributed by atoms with Crippen LogP contribution >= 0.6 is 11.6 Å². The van der Waals surface area contributed by atoms with E-state index in [9.17, 15) is 4.79 Å². The zero-order chi connectivity index (χ0) is 22.7. The molecule has 0 atom stereocenters. The third-order valence-electron chi connectivity index (χ3n) is 4.97. The van der Waals surface area contributed by atoms with Gasteiger partial charge in [-0.1, -0.05) is 41.9 Å². The van der Waals surface area contributed by atoms with E-state index < -0.39 is 0 Å². The van der Waals surface area contributed by atoms with Crippen molar-refractivity contribution in [1.82, 2.24) is 0 Å². The first-order chi connectivity index (χ1) is 15.5. The molecular formula is C25H21ClN2O4. The average molecular weight is 449 g/mol. The Morgan fingerprint density at radius 2 is 1.50 bits per heavy atom. The number of aliphatic imine (C=N–C) groups is 1. The lowest BCUT2D eigenvalue weighted by atomic mass is 10.1. The molecule has 7 heteroatoms. The van der Waals surface area contributed by atoms with Gasteiger partial charge >= 0.3 is 0 Å². The molecule has 3 aromatic rings. The molecule has 0 saturated heterocycles. The van der Waals surface area contributed by atoms with Crippen molar-refractivity contribution in [2.75, 3.05) is 26.2 Å². The van der Waals surface area contributed by atoms with Crippen LogP contribution in [0.4, 0.5) is 5.69 Å². The lowest BCUT2D eigenvalue weighted by Gasteiger charge is -2.18. The van der Waals surface area contributed by atoms with Crippen LogP contribution in [0.15, 0.2) is 77.4 Å². The highest BCUT2D eigenvalue weighted by molar-refractivity contribution is 6.34. The minimum absolute atomic E-state index is 0.250. The summed E-state index contributed by atoms with van der Waals surface area (Å²) in [5.74, 6) is 1.75. The number of amidine groups is 1. The first-order valence-corrected chi connectivity index (χ1v) is 10.2. The van der Waals surface area contributed by atoms with Crippen LogP contribution in [-0.4, -0.2) is 33.1 Å². The van der Waals surface area contributed by atoms with Gasteiger partial charge in [-0.25, -0.2) is 4.99 Å². The second-order valence-corrected chi connectivity index (χ2v) is 7.34. The predicted octanol–water partition coefficient (Wildman–Crippen LogP) is 5.20. The number of anilines is 1. The second-order valence-electron chi connectivity index (χ2n) is 6.91. The van der Waals surface area contributed by atoms with E-state index in [4.69, 9.17) is 25.8 Å². The topological polar surface area (TPSA) is 60.4 Å². The summed E-state index contributed by atoms with van der Waals surface area (Å²) in [6, 6.07) is 20.2. The number of benzene rings is 3. The Kier molecular flexibility index (Phi) is 6.14. The summed E-state index contributed by atoms with van der Waals surface area (Å²) in [5, 5.41) is 0.590. The van der Waals surface area contributed by atoms with Crippen LogP contribution in [0, 0.1) is 0 Å². The molecule has 0 unspecified atom stereocenters. The summed E-state index contributed by atoms with van der Waals surface area (Å²) in [4.78, 5) is 19.7. The number of hydrogen-bond acceptors (Lipinski definition) is 5. The molecule has 0 radical (unpaired) electrons. The summed E-state index contributed by atoms with van der Waals surface area (Å²) < 4.78 is 16.2. The fourth-order valence-electron chi connectivity index (χ4n) is 3.47. The highest BCUT2D eigenvalue weighted by Crippen LogP contribution is 2.39. The summed E-state index contributed by atoms with van der Waals surface area (Å²) in [6.45, 7) is 0. The molecule has 0 saturated carbocycles. The molecule has 1 aliphatic heterocycles. The van der Waals surface area contributed by atoms with Crippen LogP contribution in [0.25, 0.3) is 6.08 Å². The van der Waals surface area contributed by atoms with Gasteiger partial charge in [0.05, 0.1) is 27.0 Å². The van der Waals surface area contributed by atoms with E-state index in [1.807, 2.05) is 30.3 Å². The summed E-state index contributed by atoms with van der Waals surface area (Å²) in [6.07, 6.45) is 1.70. The van der Waals surface area contributed by atoms with Crippen LogP contribution in [0.2, 0.25) is 5.02 Å². The molecule has 0 spiro atoms. The molecule has 1 aliphatic rings. The van der Waals surface area contributed by atoms with E-state index in [1.165, 1.54) is 0 Å². The second kappa shape index (κ2) is 9.16. The molecule has 0 aliphatic carbocycles. The van der Waals surface area contributed by atoms with Gasteiger partial charge in [0, 0.05) is 10.6 Å². The van der Waals surface area contributed by atoms with Gasteiger partial charge in [0.25, 0.3) is 5.91 Å². The minimum atomic E-state index is -0.250. The smallest absolute Gasteiger partial charge is 0.282 e. The molecule has 32 heavy (non-hydrogen) atoms. The Balaban J connectivity index is 1.83. The number of methoxy groups -OCH3 is 3. The van der Waals surface area contributed by atoms with E-state index >= 15 is 0 Å². The quantitative estimate of drug-likeness (QED) is 0.486. The lowest BCUT2D eigenvalue weighted by Crippen LogP contribution is -2.32. The highest BCUT2D eigenvalue weighted by atomic mass is 35.5. The number of hydrogen-bond donors (Lipinski definition) is 0. The summed E-state index contributed by atoms with van der Waals surface area (Å²) >= 11 is 6.05. The zero-order valence-electron chi connectivity index (χ0n) is 17.8. The zero-order valence-corrected chi connectivity index (χ0v) is 18.6. The fourth-order valence-corrected chi connectivity index (χ4v) is 3.60. The third-order valence-corrected chi connectivity index (χ3v) is 5.22. The summed E-state index contributed by atoms with van der Waals surface area (Å²) in [5.41, 5.74) is 2.48. The van der Waals surface area contributed by atoms with Crippen molar-refractivity contribution in [1.29, 1.82) is 0 Å². The number of carbonyl (C=O) groups excluding carboxylic acids is 1. The standard InChI is InChI=1S/C25H21ClN2O4/c1-30-21-14-16(15-22(31-2)23(21)32-3)13-20-25(29)28(19-11-9-18(26)10-12-19)24(27-20)17-7-5-4-6-8-17/h4-15H,1-3H3. The Morgan fingerprint density at radius 1 is 0.875 bits per heavy atom. The lowest BCUT2D eigenvalue weighted by molar-refractivity contribution is -0.113. The molecule has 162 valence electrons. The maximum Gasteiger partial charge on any atom is 0.282 e. The van der Waals surface area contributed by atoms with Gasteiger partial charge in [-0.3, -0.25) is 9.69 Å². The van der Waals surface area contributed by atoms with Gasteiger partial charge in [0.1, 0.15) is 11.5 Å². The maximum absolute atomic E-state index is 13.4. The molecule has 4 rings (SSSR count). The fraction of sp³-hybridized carbons (Fsp3) is 0.120. The number of rotatable bonds is 6. The maximum atomic E-state index is 13.4. The van der Waals surface area contributed by atoms with Gasteiger partial charge in [-0.05, 0) is 48.0 Å². The first kappa shape index (κ1) is 21.5. The van der Waals surface area contributed by atoms with Crippen LogP contribution in [0.3, 0.4) is 0 Å². The molecule has 6 nitrogen and oxygen atoms in total. The molecule has 0 aromatic heterocycles. The predicted molar refractivity (Wildman–Crippen MR) is 126 cm³/mol. The Morgan fingerprint density at radius 3 is 2.06 bits per heavy atom. The first-order valence-electron chi connectivity index (χ1n) is 9.81. The van der Waals surface area contributed by atoms with Crippen LogP contribution in [-0.2, 0) is 4.79 Å². The van der Waals surface area contributed by atoms with E-state index in [0.717, 1.165) is 5.56 Å². The van der Waals surface area contributed by atoms with Crippen molar-refractivity contribution in [3.63, 3.8) is 0 Å². The van der Waals surface area contributed by atoms with Crippen molar-refractivity contribution in [3.8, 4) is 17.2 Å². The minimum Gasteiger partial charge on any atom is -0.493 e. The highest BCUT2D eigenvalue weighted by Gasteiger charge is 2.32. The van der Waals surface area contributed by atoms with Crippen LogP contribution < -0.4 is 19.1 Å². The SMILES string of the molecule is COc1cc(C=C2N=C(c3ccccc3)N(c3ccc(Cl)cc3)C2=O)cc(OC)c1OC. The number of carbonyl (C=O) groups is 1. The van der Waals surface area contributed by atoms with E-state index in [1.54, 1.807) is 68.7 Å². The van der Waals surface area contributed by atoms with Gasteiger partial charge in [-0.15, -0.1) is 0 Å². The number of halogens is 1. The normalized spacial score (nSPS) is 14.5. The Hall–Kier alpha value is -3.77. The molecule has 3 aromatic carbocycles. The van der Waals surface area contributed by atoms with Crippen molar-refractivity contribution >= 4 is 35.1 Å². The van der Waals surface area contributed by atoms with E-state index in [0.29, 0.717) is 39.4 Å². The van der Waals surface area contributed by atoms with Gasteiger partial charge < -0.3 is 14.2 Å². The molecule has 1 heterocycles. The molecule has 0 N–H and O–H groups in total. The van der Waals surface area contributed by atoms with Crippen molar-refractivity contribution in [3.05, 3.63) is 88.6 Å². The Bertz CT molecular complexity index is 1180. The van der Waals surface area contributed by atoms with Crippen molar-refractivity contribution in [2.24, 2.45) is 4.99 Å². The molecule has 0 bridgehead atoms. The van der Waals surface area contributed by atoms with E-state index in [-0.39, 0.29) is 11.6 Å².